The maximum atomic E-state index is 11.0. The summed E-state index contributed by atoms with van der Waals surface area (Å²) in [4.78, 5) is 13.2. The maximum Gasteiger partial charge on any atom is 0.307 e. The van der Waals surface area contributed by atoms with E-state index >= 15 is 0 Å². The van der Waals surface area contributed by atoms with Gasteiger partial charge in [0, 0.05) is 13.1 Å². The Morgan fingerprint density at radius 1 is 1.37 bits per heavy atom. The van der Waals surface area contributed by atoms with Gasteiger partial charge in [-0.1, -0.05) is 18.2 Å². The van der Waals surface area contributed by atoms with Gasteiger partial charge in [0.25, 0.3) is 0 Å². The number of para-hydroxylation sites is 1. The van der Waals surface area contributed by atoms with E-state index in [0.717, 1.165) is 38.1 Å². The van der Waals surface area contributed by atoms with Gasteiger partial charge in [-0.2, -0.15) is 0 Å². The van der Waals surface area contributed by atoms with Crippen LogP contribution in [0.1, 0.15) is 19.3 Å². The molecule has 4 nitrogen and oxygen atoms in total. The van der Waals surface area contributed by atoms with Crippen molar-refractivity contribution in [1.82, 2.24) is 4.90 Å². The fourth-order valence-corrected chi connectivity index (χ4v) is 2.46. The molecule has 1 heterocycles. The van der Waals surface area contributed by atoms with Gasteiger partial charge in [0.1, 0.15) is 5.75 Å². The van der Waals surface area contributed by atoms with E-state index in [2.05, 4.69) is 4.90 Å². The predicted molar refractivity (Wildman–Crippen MR) is 73.4 cm³/mol. The fourth-order valence-electron chi connectivity index (χ4n) is 2.46. The smallest absolute Gasteiger partial charge is 0.307 e. The van der Waals surface area contributed by atoms with Gasteiger partial charge >= 0.3 is 5.97 Å². The summed E-state index contributed by atoms with van der Waals surface area (Å²) in [6.07, 6.45) is 2.73. The van der Waals surface area contributed by atoms with E-state index in [1.54, 1.807) is 0 Å². The van der Waals surface area contributed by atoms with Crippen LogP contribution in [0.2, 0.25) is 0 Å². The Kier molecular flexibility index (Phi) is 5.21. The average molecular weight is 263 g/mol. The van der Waals surface area contributed by atoms with Gasteiger partial charge in [-0.15, -0.1) is 0 Å². The van der Waals surface area contributed by atoms with Crippen molar-refractivity contribution in [2.75, 3.05) is 26.2 Å². The molecule has 19 heavy (non-hydrogen) atoms. The van der Waals surface area contributed by atoms with E-state index in [9.17, 15) is 4.79 Å². The van der Waals surface area contributed by atoms with Crippen molar-refractivity contribution < 1.29 is 14.6 Å². The average Bonchev–Trinajstić information content (AvgIpc) is 2.45. The second kappa shape index (κ2) is 7.14. The van der Waals surface area contributed by atoms with Crippen LogP contribution in [0.25, 0.3) is 0 Å². The lowest BCUT2D eigenvalue weighted by molar-refractivity contribution is -0.143. The number of rotatable bonds is 6. The normalized spacial score (nSPS) is 20.1. The van der Waals surface area contributed by atoms with E-state index in [1.165, 1.54) is 0 Å². The molecular formula is C15H21NO3. The minimum Gasteiger partial charge on any atom is -0.494 e. The van der Waals surface area contributed by atoms with Crippen LogP contribution in [0, 0.1) is 5.92 Å². The van der Waals surface area contributed by atoms with E-state index in [0.29, 0.717) is 13.2 Å². The summed E-state index contributed by atoms with van der Waals surface area (Å²) in [6.45, 7) is 3.28. The summed E-state index contributed by atoms with van der Waals surface area (Å²) in [6, 6.07) is 9.77. The molecular weight excluding hydrogens is 242 g/mol. The van der Waals surface area contributed by atoms with Crippen LogP contribution in [-0.2, 0) is 4.79 Å². The molecule has 0 amide bonds. The van der Waals surface area contributed by atoms with Crippen LogP contribution < -0.4 is 4.74 Å². The zero-order chi connectivity index (χ0) is 13.5. The number of hydrogen-bond acceptors (Lipinski definition) is 3. The summed E-state index contributed by atoms with van der Waals surface area (Å²) >= 11 is 0. The molecule has 0 radical (unpaired) electrons. The zero-order valence-electron chi connectivity index (χ0n) is 11.1. The number of ether oxygens (including phenoxy) is 1. The predicted octanol–water partition coefficient (Wildman–Crippen LogP) is 2.25. The summed E-state index contributed by atoms with van der Waals surface area (Å²) < 4.78 is 5.63. The zero-order valence-corrected chi connectivity index (χ0v) is 11.1. The van der Waals surface area contributed by atoms with Crippen molar-refractivity contribution in [3.63, 3.8) is 0 Å². The Bertz CT molecular complexity index is 394. The molecule has 0 bridgehead atoms. The molecule has 1 N–H and O–H groups in total. The Morgan fingerprint density at radius 3 is 2.89 bits per heavy atom. The lowest BCUT2D eigenvalue weighted by atomic mass is 9.98. The Hall–Kier alpha value is -1.55. The Balaban J connectivity index is 1.64. The Labute approximate surface area is 114 Å². The molecule has 0 aliphatic carbocycles. The van der Waals surface area contributed by atoms with Gasteiger partial charge in [-0.25, -0.2) is 0 Å². The molecule has 0 spiro atoms. The van der Waals surface area contributed by atoms with E-state index in [1.807, 2.05) is 30.3 Å². The highest BCUT2D eigenvalue weighted by molar-refractivity contribution is 5.70. The lowest BCUT2D eigenvalue weighted by Crippen LogP contribution is -2.39. The number of carboxylic acid groups (broad SMARTS) is 1. The SMILES string of the molecule is O=C(O)[C@H]1CCCN(CCCOc2ccccc2)C1. The fraction of sp³-hybridized carbons (Fsp3) is 0.533. The van der Waals surface area contributed by atoms with Gasteiger partial charge in [0.2, 0.25) is 0 Å². The molecule has 1 saturated heterocycles. The van der Waals surface area contributed by atoms with Gasteiger partial charge < -0.3 is 14.7 Å². The van der Waals surface area contributed by atoms with Crippen molar-refractivity contribution >= 4 is 5.97 Å². The molecule has 104 valence electrons. The number of benzene rings is 1. The number of nitrogens with zero attached hydrogens (tertiary/aromatic N) is 1. The largest absolute Gasteiger partial charge is 0.494 e. The number of carbonyl (C=O) groups is 1. The number of piperidine rings is 1. The van der Waals surface area contributed by atoms with Gasteiger partial charge in [0.05, 0.1) is 12.5 Å². The Morgan fingerprint density at radius 2 is 2.16 bits per heavy atom. The second-order valence-electron chi connectivity index (χ2n) is 4.99. The number of aliphatic carboxylic acids is 1. The van der Waals surface area contributed by atoms with Crippen molar-refractivity contribution in [1.29, 1.82) is 0 Å². The van der Waals surface area contributed by atoms with Crippen molar-refractivity contribution in [3.8, 4) is 5.75 Å². The topological polar surface area (TPSA) is 49.8 Å². The first kappa shape index (κ1) is 13.9. The maximum absolute atomic E-state index is 11.0. The molecule has 1 aromatic carbocycles. The third kappa shape index (κ3) is 4.56. The third-order valence-electron chi connectivity index (χ3n) is 3.49. The number of carboxylic acids is 1. The molecule has 1 atom stereocenters. The van der Waals surface area contributed by atoms with Crippen LogP contribution in [0.15, 0.2) is 30.3 Å². The number of hydrogen-bond donors (Lipinski definition) is 1. The van der Waals surface area contributed by atoms with Gasteiger partial charge in [-0.05, 0) is 37.9 Å². The van der Waals surface area contributed by atoms with Crippen LogP contribution in [0.4, 0.5) is 0 Å². The van der Waals surface area contributed by atoms with Gasteiger partial charge in [0.15, 0.2) is 0 Å². The first-order valence-electron chi connectivity index (χ1n) is 6.89. The molecule has 2 rings (SSSR count). The summed E-state index contributed by atoms with van der Waals surface area (Å²) in [5, 5.41) is 9.02. The molecule has 1 aliphatic rings. The first-order chi connectivity index (χ1) is 9.25. The third-order valence-corrected chi connectivity index (χ3v) is 3.49. The van der Waals surface area contributed by atoms with Crippen molar-refractivity contribution in [3.05, 3.63) is 30.3 Å². The molecule has 1 fully saturated rings. The molecule has 1 aromatic rings. The highest BCUT2D eigenvalue weighted by atomic mass is 16.5. The van der Waals surface area contributed by atoms with Gasteiger partial charge in [-0.3, -0.25) is 4.79 Å². The van der Waals surface area contributed by atoms with Crippen LogP contribution >= 0.6 is 0 Å². The number of likely N-dealkylation sites (tertiary alicyclic amines) is 1. The van der Waals surface area contributed by atoms with Crippen molar-refractivity contribution in [2.24, 2.45) is 5.92 Å². The molecule has 0 saturated carbocycles. The van der Waals surface area contributed by atoms with E-state index < -0.39 is 5.97 Å². The summed E-state index contributed by atoms with van der Waals surface area (Å²) in [5.41, 5.74) is 0. The monoisotopic (exact) mass is 263 g/mol. The molecule has 1 aliphatic heterocycles. The minimum absolute atomic E-state index is 0.191. The standard InChI is InChI=1S/C15H21NO3/c17-15(18)13-6-4-9-16(12-13)10-5-11-19-14-7-2-1-3-8-14/h1-3,7-8,13H,4-6,9-12H2,(H,17,18)/t13-/m0/s1. The highest BCUT2D eigenvalue weighted by Gasteiger charge is 2.24. The molecule has 0 aromatic heterocycles. The van der Waals surface area contributed by atoms with E-state index in [-0.39, 0.29) is 5.92 Å². The lowest BCUT2D eigenvalue weighted by Gasteiger charge is -2.30. The molecule has 0 unspecified atom stereocenters. The summed E-state index contributed by atoms with van der Waals surface area (Å²) in [7, 11) is 0. The second-order valence-corrected chi connectivity index (χ2v) is 4.99. The quantitative estimate of drug-likeness (QED) is 0.800. The van der Waals surface area contributed by atoms with E-state index in [4.69, 9.17) is 9.84 Å². The molecule has 4 heteroatoms. The highest BCUT2D eigenvalue weighted by Crippen LogP contribution is 2.16. The first-order valence-corrected chi connectivity index (χ1v) is 6.89. The van der Waals surface area contributed by atoms with Crippen LogP contribution in [0.5, 0.6) is 5.75 Å². The van der Waals surface area contributed by atoms with Crippen LogP contribution in [-0.4, -0.2) is 42.2 Å². The summed E-state index contributed by atoms with van der Waals surface area (Å²) in [5.74, 6) is 0.0404. The van der Waals surface area contributed by atoms with Crippen LogP contribution in [0.3, 0.4) is 0 Å². The minimum atomic E-state index is -0.662. The van der Waals surface area contributed by atoms with Crippen molar-refractivity contribution in [2.45, 2.75) is 19.3 Å².